The van der Waals surface area contributed by atoms with Gasteiger partial charge in [0.2, 0.25) is 0 Å². The molecule has 0 aromatic carbocycles. The highest BCUT2D eigenvalue weighted by Gasteiger charge is 2.21. The van der Waals surface area contributed by atoms with Crippen LogP contribution in [0.25, 0.3) is 0 Å². The number of ether oxygens (including phenoxy) is 1. The maximum Gasteiger partial charge on any atom is 0.122 e. The van der Waals surface area contributed by atoms with Crippen LogP contribution < -0.4 is 10.1 Å². The van der Waals surface area contributed by atoms with Gasteiger partial charge in [0, 0.05) is 24.3 Å². The third-order valence-corrected chi connectivity index (χ3v) is 2.95. The lowest BCUT2D eigenvalue weighted by Gasteiger charge is -2.32. The van der Waals surface area contributed by atoms with Gasteiger partial charge < -0.3 is 15.0 Å². The van der Waals surface area contributed by atoms with E-state index in [4.69, 9.17) is 4.74 Å². The fourth-order valence-electron chi connectivity index (χ4n) is 1.21. The molecule has 1 rings (SSSR count). The largest absolute Gasteiger partial charge is 0.492 e. The van der Waals surface area contributed by atoms with Crippen molar-refractivity contribution in [3.8, 4) is 5.75 Å². The van der Waals surface area contributed by atoms with E-state index in [0.29, 0.717) is 6.61 Å². The van der Waals surface area contributed by atoms with Crippen LogP contribution in [-0.4, -0.2) is 43.2 Å². The van der Waals surface area contributed by atoms with Crippen LogP contribution in [0.3, 0.4) is 0 Å². The number of hydrogen-bond acceptors (Lipinski definition) is 4. The monoisotopic (exact) mass is 237 g/mol. The zero-order chi connectivity index (χ0) is 12.9. The number of nitrogens with zero attached hydrogens (tertiary/aromatic N) is 2. The summed E-state index contributed by atoms with van der Waals surface area (Å²) < 4.78 is 5.81. The second-order valence-electron chi connectivity index (χ2n) is 5.01. The fraction of sp³-hybridized carbons (Fsp3) is 0.615. The number of rotatable bonds is 6. The number of pyridine rings is 1. The summed E-state index contributed by atoms with van der Waals surface area (Å²) in [5.74, 6) is 0.875. The number of hydrogen-bond donors (Lipinski definition) is 1. The Bertz CT molecular complexity index is 350. The number of aromatic nitrogens is 1. The van der Waals surface area contributed by atoms with E-state index >= 15 is 0 Å². The summed E-state index contributed by atoms with van der Waals surface area (Å²) in [4.78, 5) is 6.41. The molecule has 1 heterocycles. The summed E-state index contributed by atoms with van der Waals surface area (Å²) in [6, 6.07) is 3.87. The first kappa shape index (κ1) is 13.9. The molecule has 0 radical (unpaired) electrons. The van der Waals surface area contributed by atoms with Gasteiger partial charge in [-0.05, 0) is 41.1 Å². The van der Waals surface area contributed by atoms with Crippen molar-refractivity contribution in [3.05, 3.63) is 24.0 Å². The lowest BCUT2D eigenvalue weighted by atomic mass is 10.1. The summed E-state index contributed by atoms with van der Waals surface area (Å²) in [7, 11) is 6.02. The molecule has 96 valence electrons. The Kier molecular flexibility index (Phi) is 4.90. The van der Waals surface area contributed by atoms with Gasteiger partial charge in [-0.1, -0.05) is 0 Å². The van der Waals surface area contributed by atoms with Crippen LogP contribution in [0.15, 0.2) is 18.3 Å². The van der Waals surface area contributed by atoms with Crippen molar-refractivity contribution in [1.29, 1.82) is 0 Å². The molecule has 1 N–H and O–H groups in total. The Morgan fingerprint density at radius 1 is 1.41 bits per heavy atom. The highest BCUT2D eigenvalue weighted by Crippen LogP contribution is 2.16. The maximum absolute atomic E-state index is 5.81. The van der Waals surface area contributed by atoms with Crippen LogP contribution in [0.1, 0.15) is 19.5 Å². The highest BCUT2D eigenvalue weighted by atomic mass is 16.5. The molecule has 0 atom stereocenters. The number of likely N-dealkylation sites (N-methyl/N-ethyl adjacent to an activating group) is 1. The Balaban J connectivity index is 2.60. The lowest BCUT2D eigenvalue weighted by molar-refractivity contribution is 0.114. The molecule has 17 heavy (non-hydrogen) atoms. The summed E-state index contributed by atoms with van der Waals surface area (Å²) in [6.07, 6.45) is 1.78. The Morgan fingerprint density at radius 3 is 2.71 bits per heavy atom. The van der Waals surface area contributed by atoms with Crippen molar-refractivity contribution in [2.24, 2.45) is 0 Å². The fourth-order valence-corrected chi connectivity index (χ4v) is 1.21. The smallest absolute Gasteiger partial charge is 0.122 e. The second-order valence-corrected chi connectivity index (χ2v) is 5.01. The van der Waals surface area contributed by atoms with Crippen LogP contribution >= 0.6 is 0 Å². The third kappa shape index (κ3) is 4.32. The van der Waals surface area contributed by atoms with Crippen molar-refractivity contribution in [1.82, 2.24) is 15.2 Å². The van der Waals surface area contributed by atoms with Crippen LogP contribution in [0.4, 0.5) is 0 Å². The molecule has 0 aliphatic carbocycles. The molecule has 0 aliphatic rings. The molecular weight excluding hydrogens is 214 g/mol. The molecule has 0 spiro atoms. The minimum atomic E-state index is 0.0203. The van der Waals surface area contributed by atoms with Crippen molar-refractivity contribution in [3.63, 3.8) is 0 Å². The van der Waals surface area contributed by atoms with E-state index in [-0.39, 0.29) is 5.54 Å². The van der Waals surface area contributed by atoms with Gasteiger partial charge in [0.05, 0.1) is 5.69 Å². The summed E-state index contributed by atoms with van der Waals surface area (Å²) in [6.45, 7) is 5.72. The topological polar surface area (TPSA) is 37.4 Å². The van der Waals surface area contributed by atoms with Crippen LogP contribution in [0, 0.1) is 0 Å². The first-order valence-electron chi connectivity index (χ1n) is 5.85. The van der Waals surface area contributed by atoms with E-state index in [0.717, 1.165) is 18.0 Å². The molecule has 1 aromatic heterocycles. The molecule has 4 nitrogen and oxygen atoms in total. The first-order chi connectivity index (χ1) is 7.95. The van der Waals surface area contributed by atoms with Crippen molar-refractivity contribution in [2.45, 2.75) is 25.9 Å². The van der Waals surface area contributed by atoms with E-state index in [1.54, 1.807) is 6.20 Å². The Hall–Kier alpha value is -1.13. The van der Waals surface area contributed by atoms with Crippen LogP contribution in [0.5, 0.6) is 5.75 Å². The normalized spacial score (nSPS) is 11.9. The molecule has 0 aliphatic heterocycles. The van der Waals surface area contributed by atoms with Gasteiger partial charge in [-0.15, -0.1) is 0 Å². The van der Waals surface area contributed by atoms with Gasteiger partial charge in [0.25, 0.3) is 0 Å². The SMILES string of the molecule is CNCc1cc(OCC(C)(C)N(C)C)ccn1. The van der Waals surface area contributed by atoms with Gasteiger partial charge in [0.1, 0.15) is 12.4 Å². The number of nitrogens with one attached hydrogen (secondary N) is 1. The minimum Gasteiger partial charge on any atom is -0.492 e. The van der Waals surface area contributed by atoms with E-state index < -0.39 is 0 Å². The molecule has 0 saturated heterocycles. The van der Waals surface area contributed by atoms with Gasteiger partial charge >= 0.3 is 0 Å². The zero-order valence-corrected chi connectivity index (χ0v) is 11.4. The Morgan fingerprint density at radius 2 is 2.12 bits per heavy atom. The third-order valence-electron chi connectivity index (χ3n) is 2.95. The molecule has 0 saturated carbocycles. The summed E-state index contributed by atoms with van der Waals surface area (Å²) >= 11 is 0. The molecule has 0 amide bonds. The van der Waals surface area contributed by atoms with E-state index in [1.165, 1.54) is 0 Å². The highest BCUT2D eigenvalue weighted by molar-refractivity contribution is 5.22. The Labute approximate surface area is 104 Å². The first-order valence-corrected chi connectivity index (χ1v) is 5.85. The van der Waals surface area contributed by atoms with E-state index in [1.807, 2.05) is 19.2 Å². The summed E-state index contributed by atoms with van der Waals surface area (Å²) in [5.41, 5.74) is 1.01. The van der Waals surface area contributed by atoms with Gasteiger partial charge in [-0.3, -0.25) is 4.98 Å². The molecule has 0 unspecified atom stereocenters. The molecule has 0 bridgehead atoms. The lowest BCUT2D eigenvalue weighted by Crippen LogP contribution is -2.43. The second kappa shape index (κ2) is 5.98. The van der Waals surface area contributed by atoms with Crippen molar-refractivity contribution in [2.75, 3.05) is 27.7 Å². The van der Waals surface area contributed by atoms with Gasteiger partial charge in [0.15, 0.2) is 0 Å². The summed E-state index contributed by atoms with van der Waals surface area (Å²) in [5, 5.41) is 3.08. The molecule has 4 heteroatoms. The predicted octanol–water partition coefficient (Wildman–Crippen LogP) is 1.52. The molecule has 0 fully saturated rings. The van der Waals surface area contributed by atoms with E-state index in [2.05, 4.69) is 43.1 Å². The molecule has 1 aromatic rings. The van der Waals surface area contributed by atoms with Crippen molar-refractivity contribution >= 4 is 0 Å². The quantitative estimate of drug-likeness (QED) is 0.814. The average Bonchev–Trinajstić information content (AvgIpc) is 2.27. The van der Waals surface area contributed by atoms with Crippen LogP contribution in [0.2, 0.25) is 0 Å². The maximum atomic E-state index is 5.81. The molecular formula is C13H23N3O. The zero-order valence-electron chi connectivity index (χ0n) is 11.4. The van der Waals surface area contributed by atoms with E-state index in [9.17, 15) is 0 Å². The van der Waals surface area contributed by atoms with Crippen molar-refractivity contribution < 1.29 is 4.74 Å². The van der Waals surface area contributed by atoms with Crippen LogP contribution in [-0.2, 0) is 6.54 Å². The van der Waals surface area contributed by atoms with Gasteiger partial charge in [-0.2, -0.15) is 0 Å². The predicted molar refractivity (Wildman–Crippen MR) is 70.3 cm³/mol. The average molecular weight is 237 g/mol. The minimum absolute atomic E-state index is 0.0203. The standard InChI is InChI=1S/C13H23N3O/c1-13(2,16(4)5)10-17-12-6-7-15-11(8-12)9-14-3/h6-8,14H,9-10H2,1-5H3. The van der Waals surface area contributed by atoms with Gasteiger partial charge in [-0.25, -0.2) is 0 Å².